The smallest absolute Gasteiger partial charge is 0.207 e. The third-order valence-corrected chi connectivity index (χ3v) is 5.13. The van der Waals surface area contributed by atoms with Crippen LogP contribution in [0.25, 0.3) is 0 Å². The molecular formula is C12H19NO2S. The van der Waals surface area contributed by atoms with E-state index in [0.717, 1.165) is 22.3 Å². The van der Waals surface area contributed by atoms with Crippen molar-refractivity contribution in [2.24, 2.45) is 0 Å². The highest BCUT2D eigenvalue weighted by atomic mass is 32.2. The lowest BCUT2D eigenvalue weighted by Gasteiger charge is -2.18. The van der Waals surface area contributed by atoms with Crippen molar-refractivity contribution in [3.63, 3.8) is 0 Å². The van der Waals surface area contributed by atoms with Crippen LogP contribution in [0.15, 0.2) is 11.0 Å². The molecule has 0 saturated heterocycles. The van der Waals surface area contributed by atoms with Gasteiger partial charge in [0.2, 0.25) is 10.0 Å². The molecule has 0 aromatic heterocycles. The monoisotopic (exact) mass is 241 g/mol. The molecule has 90 valence electrons. The summed E-state index contributed by atoms with van der Waals surface area (Å²) in [4.78, 5) is 0.454. The van der Waals surface area contributed by atoms with Gasteiger partial charge in [-0.05, 0) is 49.9 Å². The predicted octanol–water partition coefficient (Wildman–Crippen LogP) is 2.17. The van der Waals surface area contributed by atoms with Crippen molar-refractivity contribution in [3.05, 3.63) is 28.3 Å². The summed E-state index contributed by atoms with van der Waals surface area (Å²) in [5.74, 6) is 0. The van der Waals surface area contributed by atoms with E-state index in [9.17, 15) is 8.42 Å². The quantitative estimate of drug-likeness (QED) is 0.795. The van der Waals surface area contributed by atoms with E-state index < -0.39 is 10.0 Å². The molecule has 1 aromatic rings. The SMILES string of the molecule is Cc1cc(C)c(C)c(S(=O)(=O)N(C)C)c1C. The first-order valence-corrected chi connectivity index (χ1v) is 6.63. The van der Waals surface area contributed by atoms with Crippen molar-refractivity contribution in [2.75, 3.05) is 14.1 Å². The Morgan fingerprint density at radius 1 is 0.938 bits per heavy atom. The summed E-state index contributed by atoms with van der Waals surface area (Å²) < 4.78 is 25.7. The Morgan fingerprint density at radius 3 is 1.62 bits per heavy atom. The molecule has 0 atom stereocenters. The number of nitrogens with zero attached hydrogens (tertiary/aromatic N) is 1. The lowest BCUT2D eigenvalue weighted by molar-refractivity contribution is 0.519. The zero-order chi connectivity index (χ0) is 12.7. The molecule has 0 aliphatic heterocycles. The van der Waals surface area contributed by atoms with Crippen molar-refractivity contribution in [1.82, 2.24) is 4.31 Å². The second kappa shape index (κ2) is 4.18. The second-order valence-corrected chi connectivity index (χ2v) is 6.47. The van der Waals surface area contributed by atoms with Gasteiger partial charge in [-0.3, -0.25) is 0 Å². The zero-order valence-corrected chi connectivity index (χ0v) is 11.6. The topological polar surface area (TPSA) is 37.4 Å². The van der Waals surface area contributed by atoms with Crippen molar-refractivity contribution >= 4 is 10.0 Å². The summed E-state index contributed by atoms with van der Waals surface area (Å²) >= 11 is 0. The number of hydrogen-bond acceptors (Lipinski definition) is 2. The Morgan fingerprint density at radius 2 is 1.31 bits per heavy atom. The lowest BCUT2D eigenvalue weighted by Crippen LogP contribution is -2.24. The van der Waals surface area contributed by atoms with Gasteiger partial charge in [0.25, 0.3) is 0 Å². The van der Waals surface area contributed by atoms with Crippen molar-refractivity contribution in [1.29, 1.82) is 0 Å². The van der Waals surface area contributed by atoms with Crippen LogP contribution >= 0.6 is 0 Å². The molecule has 1 rings (SSSR count). The maximum atomic E-state index is 12.2. The van der Waals surface area contributed by atoms with Crippen molar-refractivity contribution < 1.29 is 8.42 Å². The number of benzene rings is 1. The van der Waals surface area contributed by atoms with E-state index in [0.29, 0.717) is 4.90 Å². The maximum absolute atomic E-state index is 12.2. The Hall–Kier alpha value is -0.870. The average molecular weight is 241 g/mol. The van der Waals surface area contributed by atoms with Gasteiger partial charge in [0, 0.05) is 14.1 Å². The fraction of sp³-hybridized carbons (Fsp3) is 0.500. The van der Waals surface area contributed by atoms with E-state index in [-0.39, 0.29) is 0 Å². The van der Waals surface area contributed by atoms with Gasteiger partial charge in [0.1, 0.15) is 0 Å². The van der Waals surface area contributed by atoms with Crippen molar-refractivity contribution in [2.45, 2.75) is 32.6 Å². The third-order valence-electron chi connectivity index (χ3n) is 3.04. The first kappa shape index (κ1) is 13.2. The first-order chi connectivity index (χ1) is 7.19. The van der Waals surface area contributed by atoms with E-state index in [1.807, 2.05) is 33.8 Å². The van der Waals surface area contributed by atoms with E-state index in [2.05, 4.69) is 0 Å². The minimum Gasteiger partial charge on any atom is -0.207 e. The fourth-order valence-corrected chi connectivity index (χ4v) is 3.21. The highest BCUT2D eigenvalue weighted by Gasteiger charge is 2.23. The molecule has 0 N–H and O–H groups in total. The van der Waals surface area contributed by atoms with Gasteiger partial charge in [-0.25, -0.2) is 12.7 Å². The fourth-order valence-electron chi connectivity index (χ4n) is 1.75. The molecule has 0 unspecified atom stereocenters. The molecule has 0 amide bonds. The van der Waals surface area contributed by atoms with Gasteiger partial charge in [-0.2, -0.15) is 0 Å². The Labute approximate surface area is 98.1 Å². The van der Waals surface area contributed by atoms with Gasteiger partial charge in [-0.15, -0.1) is 0 Å². The van der Waals surface area contributed by atoms with E-state index in [4.69, 9.17) is 0 Å². The van der Waals surface area contributed by atoms with Crippen LogP contribution in [0.4, 0.5) is 0 Å². The summed E-state index contributed by atoms with van der Waals surface area (Å²) in [5, 5.41) is 0. The van der Waals surface area contributed by atoms with E-state index in [1.54, 1.807) is 14.1 Å². The summed E-state index contributed by atoms with van der Waals surface area (Å²) in [7, 11) is -0.227. The summed E-state index contributed by atoms with van der Waals surface area (Å²) in [5.41, 5.74) is 3.72. The molecule has 3 nitrogen and oxygen atoms in total. The molecule has 0 saturated carbocycles. The van der Waals surface area contributed by atoms with Crippen LogP contribution in [0, 0.1) is 27.7 Å². The van der Waals surface area contributed by atoms with Gasteiger partial charge >= 0.3 is 0 Å². The molecule has 0 aliphatic rings. The Kier molecular flexibility index (Phi) is 3.45. The standard InChI is InChI=1S/C12H19NO2S/c1-8-7-9(2)11(4)12(10(8)3)16(14,15)13(5)6/h7H,1-6H3. The molecule has 16 heavy (non-hydrogen) atoms. The molecule has 0 fully saturated rings. The van der Waals surface area contributed by atoms with Crippen LogP contribution in [0.1, 0.15) is 22.3 Å². The molecule has 0 aliphatic carbocycles. The number of aryl methyl sites for hydroxylation is 2. The predicted molar refractivity (Wildman–Crippen MR) is 66.3 cm³/mol. The molecule has 1 aromatic carbocycles. The van der Waals surface area contributed by atoms with Gasteiger partial charge in [0.15, 0.2) is 0 Å². The highest BCUT2D eigenvalue weighted by molar-refractivity contribution is 7.89. The summed E-state index contributed by atoms with van der Waals surface area (Å²) in [6.45, 7) is 7.60. The Balaban J connectivity index is 3.70. The van der Waals surface area contributed by atoms with Crippen LogP contribution in [-0.4, -0.2) is 26.8 Å². The van der Waals surface area contributed by atoms with Crippen molar-refractivity contribution in [3.8, 4) is 0 Å². The van der Waals surface area contributed by atoms with Crippen LogP contribution in [0.2, 0.25) is 0 Å². The molecule has 0 radical (unpaired) electrons. The molecule has 0 heterocycles. The summed E-state index contributed by atoms with van der Waals surface area (Å²) in [6.07, 6.45) is 0. The molecule has 4 heteroatoms. The normalized spacial score (nSPS) is 12.2. The largest absolute Gasteiger partial charge is 0.243 e. The highest BCUT2D eigenvalue weighted by Crippen LogP contribution is 2.27. The molecular weight excluding hydrogens is 222 g/mol. The van der Waals surface area contributed by atoms with E-state index >= 15 is 0 Å². The first-order valence-electron chi connectivity index (χ1n) is 5.19. The van der Waals surface area contributed by atoms with Gasteiger partial charge in [-0.1, -0.05) is 6.07 Å². The zero-order valence-electron chi connectivity index (χ0n) is 10.7. The maximum Gasteiger partial charge on any atom is 0.243 e. The lowest BCUT2D eigenvalue weighted by atomic mass is 10.0. The van der Waals surface area contributed by atoms with Crippen LogP contribution in [0.3, 0.4) is 0 Å². The number of hydrogen-bond donors (Lipinski definition) is 0. The van der Waals surface area contributed by atoms with Crippen LogP contribution < -0.4 is 0 Å². The molecule has 0 bridgehead atoms. The van der Waals surface area contributed by atoms with Crippen LogP contribution in [0.5, 0.6) is 0 Å². The minimum absolute atomic E-state index is 0.454. The average Bonchev–Trinajstić information content (AvgIpc) is 2.14. The minimum atomic E-state index is -3.35. The van der Waals surface area contributed by atoms with Crippen LogP contribution in [-0.2, 0) is 10.0 Å². The number of sulfonamides is 1. The van der Waals surface area contributed by atoms with E-state index in [1.165, 1.54) is 4.31 Å². The third kappa shape index (κ3) is 1.99. The Bertz CT molecular complexity index is 490. The number of rotatable bonds is 2. The summed E-state index contributed by atoms with van der Waals surface area (Å²) in [6, 6.07) is 2.03. The second-order valence-electron chi connectivity index (χ2n) is 4.38. The van der Waals surface area contributed by atoms with Gasteiger partial charge in [0.05, 0.1) is 4.90 Å². The van der Waals surface area contributed by atoms with Gasteiger partial charge < -0.3 is 0 Å². The molecule has 0 spiro atoms.